The van der Waals surface area contributed by atoms with Crippen LogP contribution in [0.4, 0.5) is 0 Å². The van der Waals surface area contributed by atoms with Crippen molar-refractivity contribution in [3.05, 3.63) is 35.1 Å². The molecule has 0 fully saturated rings. The molecule has 0 heterocycles. The van der Waals surface area contributed by atoms with Crippen LogP contribution < -0.4 is 0 Å². The molecule has 0 aliphatic heterocycles. The molecule has 1 N–H and O–H groups in total. The average molecular weight is 288 g/mol. The minimum atomic E-state index is -1.28. The molecule has 100 valence electrons. The van der Waals surface area contributed by atoms with Gasteiger partial charge in [-0.3, -0.25) is 0 Å². The number of carbonyl (C=O) groups excluding carboxylic acids is 1. The van der Waals surface area contributed by atoms with E-state index >= 15 is 0 Å². The molecule has 6 heteroatoms. The van der Waals surface area contributed by atoms with Gasteiger partial charge in [0.1, 0.15) is 0 Å². The number of hydrogen-bond acceptors (Lipinski definition) is 5. The highest BCUT2D eigenvalue weighted by Gasteiger charge is 2.24. The first-order valence-electron chi connectivity index (χ1n) is 5.20. The van der Waals surface area contributed by atoms with E-state index in [0.29, 0.717) is 15.7 Å². The van der Waals surface area contributed by atoms with Crippen LogP contribution in [0.1, 0.15) is 6.92 Å². The quantitative estimate of drug-likeness (QED) is 0.231. The van der Waals surface area contributed by atoms with Gasteiger partial charge in [-0.2, -0.15) is 0 Å². The van der Waals surface area contributed by atoms with E-state index < -0.39 is 11.9 Å². The Morgan fingerprint density at radius 2 is 1.72 bits per heavy atom. The van der Waals surface area contributed by atoms with Crippen LogP contribution in [0.2, 0.25) is 0 Å². The first-order valence-corrected chi connectivity index (χ1v) is 7.17. The van der Waals surface area contributed by atoms with Crippen molar-refractivity contribution in [3.63, 3.8) is 0 Å². The van der Waals surface area contributed by atoms with Gasteiger partial charge >= 0.3 is 11.9 Å². The van der Waals surface area contributed by atoms with Gasteiger partial charge in [-0.05, 0) is 6.92 Å². The van der Waals surface area contributed by atoms with Crippen LogP contribution in [0.15, 0.2) is 35.1 Å². The topological polar surface area (TPSA) is 63.6 Å². The third kappa shape index (κ3) is 5.97. The zero-order valence-corrected chi connectivity index (χ0v) is 11.8. The Hall–Kier alpha value is -1.14. The van der Waals surface area contributed by atoms with Gasteiger partial charge in [0, 0.05) is 11.5 Å². The molecular formula is C12H16O4S2. The SMILES string of the molecule is C=CCSC(SCC=C)=C(C(=O)O)C(=O)OCC. The molecule has 0 unspecified atom stereocenters. The lowest BCUT2D eigenvalue weighted by atomic mass is 10.3. The summed E-state index contributed by atoms with van der Waals surface area (Å²) in [6.45, 7) is 8.89. The number of carboxylic acid groups (broad SMARTS) is 1. The van der Waals surface area contributed by atoms with Crippen LogP contribution >= 0.6 is 23.5 Å². The number of ether oxygens (including phenoxy) is 1. The molecule has 0 radical (unpaired) electrons. The van der Waals surface area contributed by atoms with Gasteiger partial charge in [0.2, 0.25) is 0 Å². The van der Waals surface area contributed by atoms with E-state index in [2.05, 4.69) is 13.2 Å². The second-order valence-corrected chi connectivity index (χ2v) is 5.21. The lowest BCUT2D eigenvalue weighted by Crippen LogP contribution is -2.16. The molecule has 0 aromatic rings. The molecule has 0 saturated carbocycles. The molecule has 0 aliphatic carbocycles. The zero-order valence-electron chi connectivity index (χ0n) is 10.2. The van der Waals surface area contributed by atoms with Crippen LogP contribution in [0.3, 0.4) is 0 Å². The second-order valence-electron chi connectivity index (χ2n) is 2.89. The van der Waals surface area contributed by atoms with Crippen molar-refractivity contribution in [2.75, 3.05) is 18.1 Å². The highest BCUT2D eigenvalue weighted by atomic mass is 32.2. The molecule has 0 amide bonds. The molecule has 0 aromatic carbocycles. The van der Waals surface area contributed by atoms with Gasteiger partial charge in [-0.25, -0.2) is 9.59 Å². The maximum Gasteiger partial charge on any atom is 0.347 e. The molecule has 18 heavy (non-hydrogen) atoms. The number of thioether (sulfide) groups is 2. The van der Waals surface area contributed by atoms with E-state index in [1.807, 2.05) is 0 Å². The summed E-state index contributed by atoms with van der Waals surface area (Å²) in [6, 6.07) is 0. The minimum Gasteiger partial charge on any atom is -0.477 e. The number of aliphatic carboxylic acids is 1. The molecule has 0 aromatic heterocycles. The Balaban J connectivity index is 5.23. The van der Waals surface area contributed by atoms with Crippen molar-refractivity contribution >= 4 is 35.5 Å². The second kappa shape index (κ2) is 9.85. The van der Waals surface area contributed by atoms with Crippen LogP contribution in [0.5, 0.6) is 0 Å². The zero-order chi connectivity index (χ0) is 14.0. The summed E-state index contributed by atoms with van der Waals surface area (Å²) in [5, 5.41) is 9.10. The Morgan fingerprint density at radius 3 is 2.06 bits per heavy atom. The van der Waals surface area contributed by atoms with E-state index in [1.54, 1.807) is 19.1 Å². The predicted molar refractivity (Wildman–Crippen MR) is 76.6 cm³/mol. The number of hydrogen-bond donors (Lipinski definition) is 1. The molecule has 4 nitrogen and oxygen atoms in total. The normalized spacial score (nSPS) is 9.39. The first kappa shape index (κ1) is 16.9. The van der Waals surface area contributed by atoms with E-state index in [9.17, 15) is 9.59 Å². The Morgan fingerprint density at radius 1 is 1.22 bits per heavy atom. The van der Waals surface area contributed by atoms with Crippen molar-refractivity contribution < 1.29 is 19.4 Å². The summed E-state index contributed by atoms with van der Waals surface area (Å²) in [6.07, 6.45) is 3.29. The summed E-state index contributed by atoms with van der Waals surface area (Å²) < 4.78 is 5.17. The van der Waals surface area contributed by atoms with E-state index in [1.165, 1.54) is 23.5 Å². The average Bonchev–Trinajstić information content (AvgIpc) is 2.32. The van der Waals surface area contributed by atoms with Crippen molar-refractivity contribution in [1.29, 1.82) is 0 Å². The standard InChI is InChI=1S/C12H16O4S2/c1-4-7-17-12(18-8-5-2)9(10(13)14)11(15)16-6-3/h4-5H,1-2,6-8H2,3H3,(H,13,14). The predicted octanol–water partition coefficient (Wildman–Crippen LogP) is 2.68. The van der Waals surface area contributed by atoms with Crippen LogP contribution in [-0.4, -0.2) is 35.2 Å². The summed E-state index contributed by atoms with van der Waals surface area (Å²) in [5.74, 6) is -1.05. The van der Waals surface area contributed by atoms with Gasteiger partial charge in [0.25, 0.3) is 0 Å². The van der Waals surface area contributed by atoms with Gasteiger partial charge in [0.15, 0.2) is 5.57 Å². The molecule has 0 spiro atoms. The van der Waals surface area contributed by atoms with Crippen molar-refractivity contribution in [1.82, 2.24) is 0 Å². The molecule has 0 aliphatic rings. The van der Waals surface area contributed by atoms with Crippen LogP contribution in [0.25, 0.3) is 0 Å². The fourth-order valence-electron chi connectivity index (χ4n) is 0.916. The number of carbonyl (C=O) groups is 2. The summed E-state index contributed by atoms with van der Waals surface area (Å²) in [5.41, 5.74) is -0.324. The van der Waals surface area contributed by atoms with Crippen molar-refractivity contribution in [3.8, 4) is 0 Å². The fourth-order valence-corrected chi connectivity index (χ4v) is 2.83. The Labute approximate surface area is 115 Å². The Kier molecular flexibility index (Phi) is 9.22. The summed E-state index contributed by atoms with van der Waals surface area (Å²) >= 11 is 2.49. The van der Waals surface area contributed by atoms with Crippen LogP contribution in [-0.2, 0) is 14.3 Å². The van der Waals surface area contributed by atoms with Gasteiger partial charge in [-0.15, -0.1) is 36.7 Å². The van der Waals surface area contributed by atoms with Gasteiger partial charge in [-0.1, -0.05) is 12.2 Å². The van der Waals surface area contributed by atoms with Gasteiger partial charge in [0.05, 0.1) is 10.8 Å². The van der Waals surface area contributed by atoms with Gasteiger partial charge < -0.3 is 9.84 Å². The third-order valence-corrected chi connectivity index (χ3v) is 4.01. The number of rotatable bonds is 9. The molecule has 0 atom stereocenters. The Bertz CT molecular complexity index is 347. The van der Waals surface area contributed by atoms with Crippen molar-refractivity contribution in [2.24, 2.45) is 0 Å². The highest BCUT2D eigenvalue weighted by molar-refractivity contribution is 8.22. The number of esters is 1. The summed E-state index contributed by atoms with van der Waals surface area (Å²) in [7, 11) is 0. The lowest BCUT2D eigenvalue weighted by molar-refractivity contribution is -0.143. The lowest BCUT2D eigenvalue weighted by Gasteiger charge is -2.09. The highest BCUT2D eigenvalue weighted by Crippen LogP contribution is 2.32. The molecular weight excluding hydrogens is 272 g/mol. The smallest absolute Gasteiger partial charge is 0.347 e. The fraction of sp³-hybridized carbons (Fsp3) is 0.333. The van der Waals surface area contributed by atoms with Crippen molar-refractivity contribution in [2.45, 2.75) is 6.92 Å². The van der Waals surface area contributed by atoms with E-state index in [-0.39, 0.29) is 12.2 Å². The monoisotopic (exact) mass is 288 g/mol. The maximum atomic E-state index is 11.6. The summed E-state index contributed by atoms with van der Waals surface area (Å²) in [4.78, 5) is 22.8. The molecule has 0 rings (SSSR count). The third-order valence-electron chi connectivity index (χ3n) is 1.56. The van der Waals surface area contributed by atoms with Crippen LogP contribution in [0, 0.1) is 0 Å². The molecule has 0 saturated heterocycles. The molecule has 0 bridgehead atoms. The largest absolute Gasteiger partial charge is 0.477 e. The minimum absolute atomic E-state index is 0.140. The maximum absolute atomic E-state index is 11.6. The van der Waals surface area contributed by atoms with E-state index in [4.69, 9.17) is 9.84 Å². The van der Waals surface area contributed by atoms with E-state index in [0.717, 1.165) is 0 Å². The first-order chi connectivity index (χ1) is 8.58. The number of carboxylic acids is 1.